The number of carbonyl (C=O) groups is 1. The Labute approximate surface area is 127 Å². The molecule has 3 nitrogen and oxygen atoms in total. The summed E-state index contributed by atoms with van der Waals surface area (Å²) in [7, 11) is 0. The molecule has 1 amide bonds. The Bertz CT molecular complexity index is 354. The molecular weight excluding hydrogens is 283 g/mol. The first-order chi connectivity index (χ1) is 8.34. The van der Waals surface area contributed by atoms with E-state index in [9.17, 15) is 4.79 Å². The molecule has 1 saturated heterocycles. The van der Waals surface area contributed by atoms with E-state index in [0.29, 0.717) is 6.42 Å². The van der Waals surface area contributed by atoms with Crippen LogP contribution in [0.4, 0.5) is 5.69 Å². The number of amides is 1. The van der Waals surface area contributed by atoms with Gasteiger partial charge in [-0.1, -0.05) is 24.6 Å². The summed E-state index contributed by atoms with van der Waals surface area (Å²) in [4.78, 5) is 14.1. The molecule has 0 atom stereocenters. The molecule has 0 radical (unpaired) electrons. The van der Waals surface area contributed by atoms with Gasteiger partial charge in [0.2, 0.25) is 5.91 Å². The summed E-state index contributed by atoms with van der Waals surface area (Å²) in [5.41, 5.74) is 0.885. The van der Waals surface area contributed by atoms with E-state index in [2.05, 4.69) is 10.2 Å². The number of hydrogen-bond donors (Lipinski definition) is 1. The summed E-state index contributed by atoms with van der Waals surface area (Å²) in [6.45, 7) is 3.19. The van der Waals surface area contributed by atoms with E-state index in [0.717, 1.165) is 25.3 Å². The van der Waals surface area contributed by atoms with Crippen molar-refractivity contribution in [1.82, 2.24) is 4.90 Å². The molecule has 0 saturated carbocycles. The molecular formula is C14H22Cl2N2O. The Morgan fingerprint density at radius 3 is 2.32 bits per heavy atom. The van der Waals surface area contributed by atoms with Crippen molar-refractivity contribution in [2.24, 2.45) is 0 Å². The highest BCUT2D eigenvalue weighted by atomic mass is 35.5. The number of benzene rings is 1. The maximum atomic E-state index is 11.7. The molecule has 1 aliphatic heterocycles. The van der Waals surface area contributed by atoms with Gasteiger partial charge in [-0.25, -0.2) is 0 Å². The summed E-state index contributed by atoms with van der Waals surface area (Å²) >= 11 is 0. The second kappa shape index (κ2) is 10.1. The molecule has 2 rings (SSSR count). The number of nitrogens with one attached hydrogen (secondary N) is 1. The van der Waals surface area contributed by atoms with E-state index in [1.807, 2.05) is 30.3 Å². The SMILES string of the molecule is Cl.Cl.O=C(CCN1CCCCC1)Nc1ccccc1. The van der Waals surface area contributed by atoms with Gasteiger partial charge < -0.3 is 10.2 Å². The summed E-state index contributed by atoms with van der Waals surface area (Å²) < 4.78 is 0. The quantitative estimate of drug-likeness (QED) is 0.925. The van der Waals surface area contributed by atoms with E-state index in [4.69, 9.17) is 0 Å². The average molecular weight is 305 g/mol. The number of likely N-dealkylation sites (tertiary alicyclic amines) is 1. The summed E-state index contributed by atoms with van der Waals surface area (Å²) in [5, 5.41) is 2.92. The van der Waals surface area contributed by atoms with Gasteiger partial charge in [0.1, 0.15) is 0 Å². The van der Waals surface area contributed by atoms with Gasteiger partial charge in [-0.3, -0.25) is 4.79 Å². The normalized spacial score (nSPS) is 14.9. The number of anilines is 1. The molecule has 0 aromatic heterocycles. The maximum absolute atomic E-state index is 11.7. The fourth-order valence-electron chi connectivity index (χ4n) is 2.19. The lowest BCUT2D eigenvalue weighted by Crippen LogP contribution is -2.32. The van der Waals surface area contributed by atoms with Crippen LogP contribution in [-0.2, 0) is 4.79 Å². The first-order valence-electron chi connectivity index (χ1n) is 6.42. The number of piperidine rings is 1. The lowest BCUT2D eigenvalue weighted by atomic mass is 10.1. The van der Waals surface area contributed by atoms with Crippen LogP contribution in [0.3, 0.4) is 0 Å². The fraction of sp³-hybridized carbons (Fsp3) is 0.500. The summed E-state index contributed by atoms with van der Waals surface area (Å²) in [5.74, 6) is 0.113. The van der Waals surface area contributed by atoms with Crippen molar-refractivity contribution in [3.8, 4) is 0 Å². The van der Waals surface area contributed by atoms with Gasteiger partial charge in [-0.15, -0.1) is 24.8 Å². The molecule has 1 aliphatic rings. The van der Waals surface area contributed by atoms with Crippen LogP contribution in [0.25, 0.3) is 0 Å². The maximum Gasteiger partial charge on any atom is 0.225 e. The molecule has 1 heterocycles. The van der Waals surface area contributed by atoms with Gasteiger partial charge in [-0.05, 0) is 38.1 Å². The predicted molar refractivity (Wildman–Crippen MR) is 84.5 cm³/mol. The number of nitrogens with zero attached hydrogens (tertiary/aromatic N) is 1. The monoisotopic (exact) mass is 304 g/mol. The highest BCUT2D eigenvalue weighted by Crippen LogP contribution is 2.10. The zero-order valence-electron chi connectivity index (χ0n) is 11.0. The van der Waals surface area contributed by atoms with Gasteiger partial charge >= 0.3 is 0 Å². The van der Waals surface area contributed by atoms with Crippen molar-refractivity contribution in [1.29, 1.82) is 0 Å². The number of rotatable bonds is 4. The molecule has 1 aromatic carbocycles. The molecule has 0 bridgehead atoms. The summed E-state index contributed by atoms with van der Waals surface area (Å²) in [6, 6.07) is 9.64. The van der Waals surface area contributed by atoms with Gasteiger partial charge in [0, 0.05) is 18.7 Å². The first-order valence-corrected chi connectivity index (χ1v) is 6.42. The van der Waals surface area contributed by atoms with Crippen LogP contribution in [0.1, 0.15) is 25.7 Å². The molecule has 108 valence electrons. The predicted octanol–water partition coefficient (Wildman–Crippen LogP) is 3.34. The van der Waals surface area contributed by atoms with Crippen LogP contribution < -0.4 is 5.32 Å². The first kappa shape index (κ1) is 18.2. The smallest absolute Gasteiger partial charge is 0.225 e. The Kier molecular flexibility index (Phi) is 9.66. The van der Waals surface area contributed by atoms with E-state index in [1.165, 1.54) is 19.3 Å². The van der Waals surface area contributed by atoms with Crippen molar-refractivity contribution in [3.63, 3.8) is 0 Å². The molecule has 1 aromatic rings. The van der Waals surface area contributed by atoms with E-state index in [1.54, 1.807) is 0 Å². The van der Waals surface area contributed by atoms with Crippen LogP contribution in [0.15, 0.2) is 30.3 Å². The van der Waals surface area contributed by atoms with E-state index >= 15 is 0 Å². The molecule has 1 fully saturated rings. The molecule has 5 heteroatoms. The fourth-order valence-corrected chi connectivity index (χ4v) is 2.19. The zero-order valence-corrected chi connectivity index (χ0v) is 12.6. The van der Waals surface area contributed by atoms with E-state index in [-0.39, 0.29) is 30.7 Å². The van der Waals surface area contributed by atoms with Gasteiger partial charge in [-0.2, -0.15) is 0 Å². The van der Waals surface area contributed by atoms with Gasteiger partial charge in [0.25, 0.3) is 0 Å². The minimum atomic E-state index is 0. The number of para-hydroxylation sites is 1. The topological polar surface area (TPSA) is 32.3 Å². The van der Waals surface area contributed by atoms with Gasteiger partial charge in [0.15, 0.2) is 0 Å². The van der Waals surface area contributed by atoms with E-state index < -0.39 is 0 Å². The molecule has 0 unspecified atom stereocenters. The number of carbonyl (C=O) groups excluding carboxylic acids is 1. The third-order valence-corrected chi connectivity index (χ3v) is 3.16. The Morgan fingerprint density at radius 2 is 1.68 bits per heavy atom. The Hall–Kier alpha value is -0.770. The minimum Gasteiger partial charge on any atom is -0.326 e. The van der Waals surface area contributed by atoms with Crippen molar-refractivity contribution < 1.29 is 4.79 Å². The highest BCUT2D eigenvalue weighted by molar-refractivity contribution is 5.90. The van der Waals surface area contributed by atoms with Crippen molar-refractivity contribution in [2.75, 3.05) is 25.0 Å². The van der Waals surface area contributed by atoms with Crippen molar-refractivity contribution in [3.05, 3.63) is 30.3 Å². The van der Waals surface area contributed by atoms with Crippen LogP contribution in [-0.4, -0.2) is 30.4 Å². The van der Waals surface area contributed by atoms with Crippen molar-refractivity contribution >= 4 is 36.4 Å². The lowest BCUT2D eigenvalue weighted by Gasteiger charge is -2.25. The van der Waals surface area contributed by atoms with Crippen LogP contribution >= 0.6 is 24.8 Å². The molecule has 19 heavy (non-hydrogen) atoms. The minimum absolute atomic E-state index is 0. The Balaban J connectivity index is 0.00000162. The van der Waals surface area contributed by atoms with Crippen LogP contribution in [0, 0.1) is 0 Å². The third-order valence-electron chi connectivity index (χ3n) is 3.16. The highest BCUT2D eigenvalue weighted by Gasteiger charge is 2.11. The summed E-state index contributed by atoms with van der Waals surface area (Å²) in [6.07, 6.45) is 4.49. The molecule has 0 spiro atoms. The van der Waals surface area contributed by atoms with Crippen LogP contribution in [0.5, 0.6) is 0 Å². The molecule has 1 N–H and O–H groups in total. The standard InChI is InChI=1S/C14H20N2O.2ClH/c17-14(15-13-7-3-1-4-8-13)9-12-16-10-5-2-6-11-16;;/h1,3-4,7-8H,2,5-6,9-12H2,(H,15,17);2*1H. The largest absolute Gasteiger partial charge is 0.326 e. The van der Waals surface area contributed by atoms with Gasteiger partial charge in [0.05, 0.1) is 0 Å². The zero-order chi connectivity index (χ0) is 11.9. The Morgan fingerprint density at radius 1 is 1.05 bits per heavy atom. The van der Waals surface area contributed by atoms with Crippen LogP contribution in [0.2, 0.25) is 0 Å². The number of hydrogen-bond acceptors (Lipinski definition) is 2. The average Bonchev–Trinajstić information content (AvgIpc) is 2.39. The lowest BCUT2D eigenvalue weighted by molar-refractivity contribution is -0.116. The second-order valence-electron chi connectivity index (χ2n) is 4.57. The third kappa shape index (κ3) is 6.81. The number of halogens is 2. The van der Waals surface area contributed by atoms with Crippen molar-refractivity contribution in [2.45, 2.75) is 25.7 Å². The second-order valence-corrected chi connectivity index (χ2v) is 4.57. The molecule has 0 aliphatic carbocycles.